The van der Waals surface area contributed by atoms with Gasteiger partial charge in [0.25, 0.3) is 0 Å². The fourth-order valence-electron chi connectivity index (χ4n) is 2.46. The average molecular weight is 250 g/mol. The Hall–Kier alpha value is -2.55. The molecule has 1 amide bonds. The number of benzene rings is 3. The van der Waals surface area contributed by atoms with E-state index in [1.807, 2.05) is 48.5 Å². The molecule has 3 nitrogen and oxygen atoms in total. The van der Waals surface area contributed by atoms with Crippen LogP contribution in [0.15, 0.2) is 54.6 Å². The van der Waals surface area contributed by atoms with E-state index < -0.39 is 6.09 Å². The molecule has 0 spiro atoms. The average Bonchev–Trinajstić information content (AvgIpc) is 2.43. The molecular formula is C16H12NO2-. The lowest BCUT2D eigenvalue weighted by molar-refractivity contribution is -0.251. The zero-order valence-electron chi connectivity index (χ0n) is 10.2. The number of nitrogens with one attached hydrogen (secondary N) is 1. The molecule has 3 aromatic carbocycles. The van der Waals surface area contributed by atoms with Crippen molar-refractivity contribution < 1.29 is 9.90 Å². The highest BCUT2D eigenvalue weighted by Gasteiger charge is 2.06. The van der Waals surface area contributed by atoms with Gasteiger partial charge in [-0.15, -0.1) is 0 Å². The molecule has 0 atom stereocenters. The Morgan fingerprint density at radius 1 is 0.947 bits per heavy atom. The molecule has 0 fully saturated rings. The van der Waals surface area contributed by atoms with Crippen molar-refractivity contribution in [2.45, 2.75) is 6.54 Å². The van der Waals surface area contributed by atoms with Crippen LogP contribution in [-0.2, 0) is 6.54 Å². The van der Waals surface area contributed by atoms with Gasteiger partial charge in [0.05, 0.1) is 0 Å². The topological polar surface area (TPSA) is 52.2 Å². The van der Waals surface area contributed by atoms with Crippen molar-refractivity contribution in [3.05, 3.63) is 60.2 Å². The van der Waals surface area contributed by atoms with Gasteiger partial charge in [0, 0.05) is 6.54 Å². The van der Waals surface area contributed by atoms with E-state index in [9.17, 15) is 9.90 Å². The summed E-state index contributed by atoms with van der Waals surface area (Å²) in [4.78, 5) is 10.6. The summed E-state index contributed by atoms with van der Waals surface area (Å²) in [7, 11) is 0. The Morgan fingerprint density at radius 3 is 2.00 bits per heavy atom. The van der Waals surface area contributed by atoms with E-state index in [0.29, 0.717) is 0 Å². The molecule has 0 saturated carbocycles. The Morgan fingerprint density at radius 2 is 1.47 bits per heavy atom. The second kappa shape index (κ2) is 4.61. The molecule has 0 aliphatic rings. The zero-order valence-corrected chi connectivity index (χ0v) is 10.2. The van der Waals surface area contributed by atoms with E-state index in [0.717, 1.165) is 27.1 Å². The first-order valence-corrected chi connectivity index (χ1v) is 6.10. The number of hydrogen-bond acceptors (Lipinski definition) is 2. The van der Waals surface area contributed by atoms with E-state index in [-0.39, 0.29) is 6.54 Å². The molecule has 0 radical (unpaired) electrons. The number of carbonyl (C=O) groups excluding carboxylic acids is 1. The largest absolute Gasteiger partial charge is 0.530 e. The SMILES string of the molecule is O=C([O-])NCc1c2ccccc2cc2ccccc12. The summed E-state index contributed by atoms with van der Waals surface area (Å²) < 4.78 is 0. The van der Waals surface area contributed by atoms with Crippen LogP contribution in [0.25, 0.3) is 21.5 Å². The third-order valence-electron chi connectivity index (χ3n) is 3.29. The molecule has 3 aromatic rings. The molecule has 94 valence electrons. The van der Waals surface area contributed by atoms with Crippen molar-refractivity contribution in [1.29, 1.82) is 0 Å². The highest BCUT2D eigenvalue weighted by atomic mass is 16.4. The summed E-state index contributed by atoms with van der Waals surface area (Å²) in [6.07, 6.45) is -1.25. The van der Waals surface area contributed by atoms with Gasteiger partial charge in [0.1, 0.15) is 6.09 Å². The van der Waals surface area contributed by atoms with E-state index in [1.54, 1.807) is 0 Å². The molecule has 19 heavy (non-hydrogen) atoms. The van der Waals surface area contributed by atoms with Gasteiger partial charge in [-0.2, -0.15) is 0 Å². The first-order chi connectivity index (χ1) is 9.25. The summed E-state index contributed by atoms with van der Waals surface area (Å²) in [5, 5.41) is 17.3. The van der Waals surface area contributed by atoms with Crippen LogP contribution in [0.2, 0.25) is 0 Å². The van der Waals surface area contributed by atoms with Gasteiger partial charge in [-0.25, -0.2) is 0 Å². The van der Waals surface area contributed by atoms with Crippen LogP contribution < -0.4 is 10.4 Å². The molecule has 0 aliphatic heterocycles. The van der Waals surface area contributed by atoms with Crippen LogP contribution in [-0.4, -0.2) is 6.09 Å². The van der Waals surface area contributed by atoms with Crippen LogP contribution in [0.3, 0.4) is 0 Å². The van der Waals surface area contributed by atoms with Crippen molar-refractivity contribution in [3.8, 4) is 0 Å². The molecule has 0 saturated heterocycles. The lowest BCUT2D eigenvalue weighted by Crippen LogP contribution is -2.35. The minimum atomic E-state index is -1.25. The smallest absolute Gasteiger partial charge is 0.134 e. The molecule has 0 bridgehead atoms. The van der Waals surface area contributed by atoms with Gasteiger partial charge in [-0.05, 0) is 33.2 Å². The van der Waals surface area contributed by atoms with E-state index >= 15 is 0 Å². The summed E-state index contributed by atoms with van der Waals surface area (Å²) in [5.41, 5.74) is 0.984. The van der Waals surface area contributed by atoms with Gasteiger partial charge >= 0.3 is 0 Å². The Balaban J connectivity index is 2.29. The molecule has 0 aromatic heterocycles. The predicted molar refractivity (Wildman–Crippen MR) is 73.7 cm³/mol. The van der Waals surface area contributed by atoms with Crippen LogP contribution in [0, 0.1) is 0 Å². The van der Waals surface area contributed by atoms with Crippen LogP contribution in [0.4, 0.5) is 4.79 Å². The Kier molecular flexibility index (Phi) is 2.80. The maximum atomic E-state index is 10.6. The summed E-state index contributed by atoms with van der Waals surface area (Å²) >= 11 is 0. The molecule has 3 rings (SSSR count). The van der Waals surface area contributed by atoms with Gasteiger partial charge < -0.3 is 15.2 Å². The number of amides is 1. The lowest BCUT2D eigenvalue weighted by Gasteiger charge is -2.13. The third kappa shape index (κ3) is 2.10. The highest BCUT2D eigenvalue weighted by molar-refractivity contribution is 6.02. The Labute approximate surface area is 110 Å². The maximum Gasteiger partial charge on any atom is 0.134 e. The third-order valence-corrected chi connectivity index (χ3v) is 3.29. The van der Waals surface area contributed by atoms with E-state index in [4.69, 9.17) is 0 Å². The molecule has 0 unspecified atom stereocenters. The number of fused-ring (bicyclic) bond motifs is 2. The number of carbonyl (C=O) groups is 1. The molecular weight excluding hydrogens is 238 g/mol. The van der Waals surface area contributed by atoms with Crippen molar-refractivity contribution in [3.63, 3.8) is 0 Å². The maximum absolute atomic E-state index is 10.6. The van der Waals surface area contributed by atoms with Crippen molar-refractivity contribution in [1.82, 2.24) is 5.32 Å². The van der Waals surface area contributed by atoms with Gasteiger partial charge in [0.2, 0.25) is 0 Å². The first-order valence-electron chi connectivity index (χ1n) is 6.10. The van der Waals surface area contributed by atoms with Gasteiger partial charge in [-0.1, -0.05) is 48.5 Å². The van der Waals surface area contributed by atoms with Crippen LogP contribution in [0.1, 0.15) is 5.56 Å². The number of carboxylic acid groups (broad SMARTS) is 1. The van der Waals surface area contributed by atoms with Crippen molar-refractivity contribution in [2.24, 2.45) is 0 Å². The fraction of sp³-hybridized carbons (Fsp3) is 0.0625. The van der Waals surface area contributed by atoms with Crippen LogP contribution in [0.5, 0.6) is 0 Å². The first kappa shape index (κ1) is 11.5. The summed E-state index contributed by atoms with van der Waals surface area (Å²) in [5.74, 6) is 0. The zero-order chi connectivity index (χ0) is 13.2. The lowest BCUT2D eigenvalue weighted by atomic mass is 9.97. The monoisotopic (exact) mass is 250 g/mol. The second-order valence-corrected chi connectivity index (χ2v) is 4.44. The van der Waals surface area contributed by atoms with E-state index in [1.165, 1.54) is 0 Å². The molecule has 1 N–H and O–H groups in total. The second-order valence-electron chi connectivity index (χ2n) is 4.44. The quantitative estimate of drug-likeness (QED) is 0.710. The molecule has 0 aliphatic carbocycles. The van der Waals surface area contributed by atoms with Crippen molar-refractivity contribution in [2.75, 3.05) is 0 Å². The minimum absolute atomic E-state index is 0.254. The van der Waals surface area contributed by atoms with Crippen molar-refractivity contribution >= 4 is 27.6 Å². The molecule has 0 heterocycles. The van der Waals surface area contributed by atoms with E-state index in [2.05, 4.69) is 11.4 Å². The van der Waals surface area contributed by atoms with Gasteiger partial charge in [-0.3, -0.25) is 0 Å². The summed E-state index contributed by atoms with van der Waals surface area (Å²) in [6.45, 7) is 0.254. The summed E-state index contributed by atoms with van der Waals surface area (Å²) in [6, 6.07) is 18.1. The number of hydrogen-bond donors (Lipinski definition) is 1. The minimum Gasteiger partial charge on any atom is -0.530 e. The standard InChI is InChI=1S/C16H13NO2/c18-16(19)17-10-15-13-7-3-1-5-11(13)9-12-6-2-4-8-14(12)15/h1-9,17H,10H2,(H,18,19)/p-1. The van der Waals surface area contributed by atoms with Gasteiger partial charge in [0.15, 0.2) is 0 Å². The fourth-order valence-corrected chi connectivity index (χ4v) is 2.46. The molecule has 3 heteroatoms. The normalized spacial score (nSPS) is 10.7. The predicted octanol–water partition coefficient (Wildman–Crippen LogP) is 2.43. The number of rotatable bonds is 2. The highest BCUT2D eigenvalue weighted by Crippen LogP contribution is 2.28. The van der Waals surface area contributed by atoms with Crippen LogP contribution >= 0.6 is 0 Å². The Bertz CT molecular complexity index is 711.